The van der Waals surface area contributed by atoms with Gasteiger partial charge in [-0.1, -0.05) is 0 Å². The first-order valence-electron chi connectivity index (χ1n) is 10.4. The zero-order valence-electron chi connectivity index (χ0n) is 16.1. The van der Waals surface area contributed by atoms with Gasteiger partial charge in [-0.2, -0.15) is 9.57 Å². The van der Waals surface area contributed by atoms with E-state index in [9.17, 15) is 23.6 Å². The second-order valence-corrected chi connectivity index (χ2v) is 11.0. The molecule has 1 amide bonds. The summed E-state index contributed by atoms with van der Waals surface area (Å²) >= 11 is 0. The molecule has 3 saturated carbocycles. The van der Waals surface area contributed by atoms with Gasteiger partial charge < -0.3 is 10.4 Å². The van der Waals surface area contributed by atoms with Crippen LogP contribution in [0.5, 0.6) is 0 Å². The average Bonchev–Trinajstić information content (AvgIpc) is 3.45. The highest BCUT2D eigenvalue weighted by atomic mass is 32.2. The number of fused-ring (bicyclic) bond motifs is 1. The van der Waals surface area contributed by atoms with E-state index in [0.29, 0.717) is 30.9 Å². The summed E-state index contributed by atoms with van der Waals surface area (Å²) in [6.45, 7) is 0.470. The molecule has 1 saturated heterocycles. The molecule has 0 unspecified atom stereocenters. The van der Waals surface area contributed by atoms with E-state index in [-0.39, 0.29) is 28.7 Å². The number of carbonyl (C=O) groups is 1. The summed E-state index contributed by atoms with van der Waals surface area (Å²) in [5.74, 6) is 0.486. The molecule has 4 aliphatic rings. The number of benzene rings is 1. The van der Waals surface area contributed by atoms with Gasteiger partial charge in [-0.05, 0) is 80.5 Å². The maximum absolute atomic E-state index is 13.2. The molecule has 2 bridgehead atoms. The smallest absolute Gasteiger partial charge is 0.252 e. The number of nitrogens with zero attached hydrogens (tertiary/aromatic N) is 2. The van der Waals surface area contributed by atoms with Crippen molar-refractivity contribution >= 4 is 15.9 Å². The maximum atomic E-state index is 13.2. The lowest BCUT2D eigenvalue weighted by Gasteiger charge is -2.28. The van der Waals surface area contributed by atoms with Gasteiger partial charge in [0, 0.05) is 12.1 Å². The molecule has 1 heterocycles. The lowest BCUT2D eigenvalue weighted by atomic mass is 9.88. The van der Waals surface area contributed by atoms with Crippen LogP contribution in [0.3, 0.4) is 0 Å². The van der Waals surface area contributed by atoms with Crippen molar-refractivity contribution in [2.45, 2.75) is 61.1 Å². The molecule has 1 aliphatic heterocycles. The van der Waals surface area contributed by atoms with Crippen LogP contribution in [0.1, 0.15) is 48.9 Å². The van der Waals surface area contributed by atoms with Crippen molar-refractivity contribution in [3.05, 3.63) is 29.8 Å². The molecule has 29 heavy (non-hydrogen) atoms. The highest BCUT2D eigenvalue weighted by molar-refractivity contribution is 7.89. The zero-order chi connectivity index (χ0) is 20.4. The summed E-state index contributed by atoms with van der Waals surface area (Å²) in [6.07, 6.45) is 4.36. The summed E-state index contributed by atoms with van der Waals surface area (Å²) in [5, 5.41) is 22.8. The van der Waals surface area contributed by atoms with E-state index in [4.69, 9.17) is 0 Å². The van der Waals surface area contributed by atoms with Crippen LogP contribution < -0.4 is 5.32 Å². The number of aliphatic hydroxyl groups is 1. The predicted octanol–water partition coefficient (Wildman–Crippen LogP) is 1.64. The van der Waals surface area contributed by atoms with E-state index in [1.54, 1.807) is 0 Å². The fraction of sp³-hybridized carbons (Fsp3) is 0.619. The standard InChI is InChI=1S/C21H25N3O4S/c22-12-21(7-1-2-8-21)23-20(26)13-3-5-16(6-4-13)29(27,28)24-11-15-9-14-10-17(15)18(24)19(14)25/h3-6,14-15,17-19,25H,1-2,7-11H2,(H,23,26)/t14-,15-,17+,18-,19-/m0/s1. The summed E-state index contributed by atoms with van der Waals surface area (Å²) in [4.78, 5) is 12.7. The number of amides is 1. The number of nitriles is 1. The largest absolute Gasteiger partial charge is 0.391 e. The van der Waals surface area contributed by atoms with Gasteiger partial charge in [-0.15, -0.1) is 0 Å². The van der Waals surface area contributed by atoms with Crippen molar-refractivity contribution in [3.8, 4) is 6.07 Å². The highest BCUT2D eigenvalue weighted by Gasteiger charge is 2.61. The summed E-state index contributed by atoms with van der Waals surface area (Å²) in [6, 6.07) is 7.82. The fourth-order valence-corrected chi connectivity index (χ4v) is 7.82. The van der Waals surface area contributed by atoms with Crippen molar-refractivity contribution in [2.75, 3.05) is 6.54 Å². The third-order valence-corrected chi connectivity index (χ3v) is 9.43. The van der Waals surface area contributed by atoms with Gasteiger partial charge >= 0.3 is 0 Å². The molecule has 0 radical (unpaired) electrons. The Labute approximate surface area is 170 Å². The Morgan fingerprint density at radius 1 is 1.17 bits per heavy atom. The lowest BCUT2D eigenvalue weighted by Crippen LogP contribution is -2.45. The summed E-state index contributed by atoms with van der Waals surface area (Å²) in [5.41, 5.74) is -0.473. The summed E-state index contributed by atoms with van der Waals surface area (Å²) in [7, 11) is -3.72. The Bertz CT molecular complexity index is 976. The predicted molar refractivity (Wildman–Crippen MR) is 104 cm³/mol. The molecule has 8 heteroatoms. The molecule has 1 aromatic carbocycles. The van der Waals surface area contributed by atoms with Gasteiger partial charge in [0.2, 0.25) is 10.0 Å². The Hall–Kier alpha value is -1.95. The molecular formula is C21H25N3O4S. The third kappa shape index (κ3) is 2.82. The van der Waals surface area contributed by atoms with E-state index in [1.807, 2.05) is 0 Å². The van der Waals surface area contributed by atoms with Crippen LogP contribution in [-0.2, 0) is 10.0 Å². The number of nitrogens with one attached hydrogen (secondary N) is 1. The van der Waals surface area contributed by atoms with Crippen molar-refractivity contribution in [3.63, 3.8) is 0 Å². The minimum atomic E-state index is -3.72. The van der Waals surface area contributed by atoms with E-state index >= 15 is 0 Å². The third-order valence-electron chi connectivity index (χ3n) is 7.55. The summed E-state index contributed by atoms with van der Waals surface area (Å²) < 4.78 is 27.9. The molecule has 3 aliphatic carbocycles. The second kappa shape index (κ2) is 6.53. The molecule has 7 nitrogen and oxygen atoms in total. The van der Waals surface area contributed by atoms with Gasteiger partial charge in [-0.25, -0.2) is 8.42 Å². The molecule has 154 valence electrons. The van der Waals surface area contributed by atoms with Crippen LogP contribution in [-0.4, -0.2) is 48.0 Å². The quantitative estimate of drug-likeness (QED) is 0.777. The molecule has 1 aromatic rings. The fourth-order valence-electron chi connectivity index (χ4n) is 6.08. The van der Waals surface area contributed by atoms with Crippen molar-refractivity contribution in [1.29, 1.82) is 5.26 Å². The Morgan fingerprint density at radius 3 is 2.48 bits per heavy atom. The first-order valence-corrected chi connectivity index (χ1v) is 11.8. The van der Waals surface area contributed by atoms with Gasteiger partial charge in [0.05, 0.1) is 23.1 Å². The number of rotatable bonds is 4. The minimum absolute atomic E-state index is 0.141. The highest BCUT2D eigenvalue weighted by Crippen LogP contribution is 2.56. The van der Waals surface area contributed by atoms with Gasteiger partial charge in [0.15, 0.2) is 0 Å². The van der Waals surface area contributed by atoms with Gasteiger partial charge in [-0.3, -0.25) is 4.79 Å². The van der Waals surface area contributed by atoms with E-state index < -0.39 is 21.7 Å². The number of aliphatic hydroxyl groups excluding tert-OH is 1. The topological polar surface area (TPSA) is 110 Å². The minimum Gasteiger partial charge on any atom is -0.391 e. The molecule has 0 aromatic heterocycles. The van der Waals surface area contributed by atoms with Gasteiger partial charge in [0.25, 0.3) is 5.91 Å². The van der Waals surface area contributed by atoms with Crippen LogP contribution in [0, 0.1) is 29.1 Å². The maximum Gasteiger partial charge on any atom is 0.252 e. The van der Waals surface area contributed by atoms with Crippen LogP contribution in [0.4, 0.5) is 0 Å². The number of hydrogen-bond acceptors (Lipinski definition) is 5. The van der Waals surface area contributed by atoms with E-state index in [1.165, 1.54) is 28.6 Å². The van der Waals surface area contributed by atoms with Crippen LogP contribution in [0.15, 0.2) is 29.2 Å². The molecule has 4 fully saturated rings. The van der Waals surface area contributed by atoms with Crippen LogP contribution >= 0.6 is 0 Å². The number of carbonyl (C=O) groups excluding carboxylic acids is 1. The van der Waals surface area contributed by atoms with E-state index in [0.717, 1.165) is 25.7 Å². The molecule has 2 N–H and O–H groups in total. The Balaban J connectivity index is 1.35. The average molecular weight is 416 g/mol. The monoisotopic (exact) mass is 415 g/mol. The first-order chi connectivity index (χ1) is 13.8. The Morgan fingerprint density at radius 2 is 1.86 bits per heavy atom. The van der Waals surface area contributed by atoms with Crippen LogP contribution in [0.25, 0.3) is 0 Å². The van der Waals surface area contributed by atoms with Gasteiger partial charge in [0.1, 0.15) is 5.54 Å². The number of hydrogen-bond donors (Lipinski definition) is 2. The number of sulfonamides is 1. The molecule has 5 rings (SSSR count). The van der Waals surface area contributed by atoms with Crippen molar-refractivity contribution in [1.82, 2.24) is 9.62 Å². The normalized spacial score (nSPS) is 35.0. The molecular weight excluding hydrogens is 390 g/mol. The van der Waals surface area contributed by atoms with Crippen molar-refractivity contribution in [2.24, 2.45) is 17.8 Å². The SMILES string of the molecule is N#CC1(NC(=O)c2ccc(S(=O)(=O)N3C[C@@H]4C[C@H]5C[C@H]4[C@H]3[C@H]5O)cc2)CCCC1. The second-order valence-electron chi connectivity index (χ2n) is 9.09. The lowest BCUT2D eigenvalue weighted by molar-refractivity contribution is 0.0731. The van der Waals surface area contributed by atoms with E-state index in [2.05, 4.69) is 11.4 Å². The molecule has 5 atom stereocenters. The zero-order valence-corrected chi connectivity index (χ0v) is 16.9. The van der Waals surface area contributed by atoms with Crippen LogP contribution in [0.2, 0.25) is 0 Å². The first kappa shape index (κ1) is 19.0. The van der Waals surface area contributed by atoms with Crippen molar-refractivity contribution < 1.29 is 18.3 Å². The molecule has 0 spiro atoms. The Kier molecular flexibility index (Phi) is 4.28.